The van der Waals surface area contributed by atoms with E-state index in [0.717, 1.165) is 35.1 Å². The molecule has 1 aromatic rings. The number of hydrogen-bond acceptors (Lipinski definition) is 3. The van der Waals surface area contributed by atoms with Gasteiger partial charge in [0.05, 0.1) is 6.54 Å². The van der Waals surface area contributed by atoms with Crippen molar-refractivity contribution >= 4 is 27.7 Å². The molecule has 1 aromatic carbocycles. The molecular weight excluding hydrogens is 485 g/mol. The van der Waals surface area contributed by atoms with Gasteiger partial charge in [0.2, 0.25) is 11.8 Å². The lowest BCUT2D eigenvalue weighted by molar-refractivity contribution is -0.134. The van der Waals surface area contributed by atoms with Crippen LogP contribution in [0.25, 0.3) is 0 Å². The Morgan fingerprint density at radius 2 is 1.82 bits per heavy atom. The fourth-order valence-electron chi connectivity index (χ4n) is 6.46. The van der Waals surface area contributed by atoms with Gasteiger partial charge in [-0.1, -0.05) is 36.2 Å². The first-order valence-corrected chi connectivity index (χ1v) is 13.2. The molecule has 0 aromatic heterocycles. The average Bonchev–Trinajstić information content (AvgIpc) is 3.29. The maximum absolute atomic E-state index is 14.0. The first kappa shape index (κ1) is 24.6. The van der Waals surface area contributed by atoms with Crippen LogP contribution < -0.4 is 5.32 Å². The second-order valence-electron chi connectivity index (χ2n) is 10.8. The van der Waals surface area contributed by atoms with E-state index in [-0.39, 0.29) is 29.6 Å². The minimum atomic E-state index is -0.204. The van der Waals surface area contributed by atoms with Crippen molar-refractivity contribution in [2.75, 3.05) is 32.7 Å². The van der Waals surface area contributed by atoms with Crippen LogP contribution in [0.1, 0.15) is 57.9 Å². The molecule has 1 aliphatic heterocycles. The minimum absolute atomic E-state index is 0.00151. The lowest BCUT2D eigenvalue weighted by Crippen LogP contribution is -2.51. The summed E-state index contributed by atoms with van der Waals surface area (Å²) in [6, 6.07) is 4.98. The van der Waals surface area contributed by atoms with Crippen LogP contribution in [0.2, 0.25) is 0 Å². The van der Waals surface area contributed by atoms with Crippen molar-refractivity contribution < 1.29 is 14.0 Å². The van der Waals surface area contributed by atoms with Crippen molar-refractivity contribution in [3.05, 3.63) is 34.1 Å². The number of benzene rings is 1. The highest BCUT2D eigenvalue weighted by Gasteiger charge is 2.47. The highest BCUT2D eigenvalue weighted by atomic mass is 79.9. The Kier molecular flexibility index (Phi) is 7.79. The molecule has 0 bridgehead atoms. The number of nitrogens with zero attached hydrogens (tertiary/aromatic N) is 2. The Balaban J connectivity index is 1.17. The molecule has 33 heavy (non-hydrogen) atoms. The van der Waals surface area contributed by atoms with Crippen molar-refractivity contribution in [2.45, 2.75) is 58.9 Å². The highest BCUT2D eigenvalue weighted by Crippen LogP contribution is 2.56. The number of hydrogen-bond donors (Lipinski definition) is 1. The largest absolute Gasteiger partial charge is 0.347 e. The summed E-state index contributed by atoms with van der Waals surface area (Å²) in [7, 11) is 0. The van der Waals surface area contributed by atoms with Crippen molar-refractivity contribution in [1.82, 2.24) is 15.1 Å². The molecule has 2 atom stereocenters. The third kappa shape index (κ3) is 6.16. The zero-order valence-electron chi connectivity index (χ0n) is 19.9. The fourth-order valence-corrected chi connectivity index (χ4v) is 6.87. The quantitative estimate of drug-likeness (QED) is 0.570. The molecule has 4 rings (SSSR count). The normalized spacial score (nSPS) is 29.8. The summed E-state index contributed by atoms with van der Waals surface area (Å²) in [5.41, 5.74) is 0.736. The molecule has 2 amide bonds. The zero-order chi connectivity index (χ0) is 23.6. The van der Waals surface area contributed by atoms with E-state index >= 15 is 0 Å². The molecule has 3 aliphatic rings. The molecule has 0 radical (unpaired) electrons. The molecule has 2 saturated carbocycles. The molecule has 0 spiro atoms. The number of carbonyl (C=O) groups is 2. The van der Waals surface area contributed by atoms with Crippen LogP contribution in [0.4, 0.5) is 4.39 Å². The van der Waals surface area contributed by atoms with Crippen LogP contribution in [0.5, 0.6) is 0 Å². The number of amides is 2. The van der Waals surface area contributed by atoms with Crippen LogP contribution in [-0.2, 0) is 16.1 Å². The van der Waals surface area contributed by atoms with Gasteiger partial charge >= 0.3 is 0 Å². The van der Waals surface area contributed by atoms with Crippen molar-refractivity contribution in [2.24, 2.45) is 23.2 Å². The molecule has 182 valence electrons. The summed E-state index contributed by atoms with van der Waals surface area (Å²) in [4.78, 5) is 29.2. The van der Waals surface area contributed by atoms with Crippen LogP contribution in [-0.4, -0.2) is 54.3 Å². The molecule has 1 heterocycles. The van der Waals surface area contributed by atoms with E-state index in [2.05, 4.69) is 40.0 Å². The van der Waals surface area contributed by atoms with Gasteiger partial charge < -0.3 is 10.2 Å². The number of rotatable bonds is 7. The summed E-state index contributed by atoms with van der Waals surface area (Å²) in [5.74, 6) is 2.22. The minimum Gasteiger partial charge on any atom is -0.347 e. The smallest absolute Gasteiger partial charge is 0.242 e. The van der Waals surface area contributed by atoms with Crippen molar-refractivity contribution in [3.63, 3.8) is 0 Å². The number of halogens is 2. The molecule has 2 aliphatic carbocycles. The van der Waals surface area contributed by atoms with E-state index < -0.39 is 0 Å². The third-order valence-electron chi connectivity index (χ3n) is 8.18. The van der Waals surface area contributed by atoms with Gasteiger partial charge in [0, 0.05) is 49.2 Å². The Bertz CT molecular complexity index is 857. The monoisotopic (exact) mass is 521 g/mol. The van der Waals surface area contributed by atoms with Gasteiger partial charge in [-0.25, -0.2) is 4.39 Å². The SMILES string of the molecule is CCC1CC2CC(C)(CC(=O)NCC(=O)N3CCN(Cc4cc(Br)ccc4F)CC3)CC2C1. The predicted octanol–water partition coefficient (Wildman–Crippen LogP) is 4.59. The summed E-state index contributed by atoms with van der Waals surface area (Å²) in [6.45, 7) is 7.74. The van der Waals surface area contributed by atoms with Gasteiger partial charge in [-0.05, 0) is 67.1 Å². The Labute approximate surface area is 205 Å². The van der Waals surface area contributed by atoms with Crippen LogP contribution >= 0.6 is 15.9 Å². The summed E-state index contributed by atoms with van der Waals surface area (Å²) >= 11 is 3.39. The second kappa shape index (κ2) is 10.4. The van der Waals surface area contributed by atoms with Gasteiger partial charge in [-0.2, -0.15) is 0 Å². The van der Waals surface area contributed by atoms with Crippen LogP contribution in [0, 0.1) is 29.0 Å². The molecule has 7 heteroatoms. The number of piperazine rings is 1. The molecule has 3 fully saturated rings. The molecule has 1 saturated heterocycles. The van der Waals surface area contributed by atoms with Crippen molar-refractivity contribution in [3.8, 4) is 0 Å². The van der Waals surface area contributed by atoms with Crippen LogP contribution in [0.15, 0.2) is 22.7 Å². The van der Waals surface area contributed by atoms with Crippen molar-refractivity contribution in [1.29, 1.82) is 0 Å². The second-order valence-corrected chi connectivity index (χ2v) is 11.7. The lowest BCUT2D eigenvalue weighted by atomic mass is 9.81. The van der Waals surface area contributed by atoms with E-state index in [1.165, 1.54) is 25.3 Å². The topological polar surface area (TPSA) is 52.7 Å². The molecular formula is C26H37BrFN3O2. The zero-order valence-corrected chi connectivity index (χ0v) is 21.5. The Hall–Kier alpha value is -1.47. The van der Waals surface area contributed by atoms with E-state index in [4.69, 9.17) is 0 Å². The van der Waals surface area contributed by atoms with E-state index in [1.54, 1.807) is 11.0 Å². The molecule has 1 N–H and O–H groups in total. The van der Waals surface area contributed by atoms with Gasteiger partial charge in [-0.3, -0.25) is 14.5 Å². The van der Waals surface area contributed by atoms with Gasteiger partial charge in [-0.15, -0.1) is 0 Å². The standard InChI is InChI=1S/C26H37BrFN3O2/c1-3-18-10-19-13-26(2,14-20(19)11-18)15-24(32)29-16-25(33)31-8-6-30(7-9-31)17-21-12-22(27)4-5-23(21)28/h4-5,12,18-20H,3,6-11,13-17H2,1-2H3,(H,29,32). The fraction of sp³-hybridized carbons (Fsp3) is 0.692. The first-order chi connectivity index (χ1) is 15.7. The van der Waals surface area contributed by atoms with Crippen LogP contribution in [0.3, 0.4) is 0 Å². The van der Waals surface area contributed by atoms with E-state index in [1.807, 2.05) is 6.07 Å². The summed E-state index contributed by atoms with van der Waals surface area (Å²) < 4.78 is 14.9. The average molecular weight is 523 g/mol. The Morgan fingerprint density at radius 1 is 1.15 bits per heavy atom. The summed E-state index contributed by atoms with van der Waals surface area (Å²) in [5, 5.41) is 2.88. The predicted molar refractivity (Wildman–Crippen MR) is 131 cm³/mol. The number of carbonyl (C=O) groups excluding carboxylic acids is 2. The number of nitrogens with one attached hydrogen (secondary N) is 1. The number of fused-ring (bicyclic) bond motifs is 1. The summed E-state index contributed by atoms with van der Waals surface area (Å²) in [6.07, 6.45) is 6.76. The third-order valence-corrected chi connectivity index (χ3v) is 8.67. The first-order valence-electron chi connectivity index (χ1n) is 12.5. The van der Waals surface area contributed by atoms with E-state index in [9.17, 15) is 14.0 Å². The maximum atomic E-state index is 14.0. The molecule has 2 unspecified atom stereocenters. The molecule has 5 nitrogen and oxygen atoms in total. The maximum Gasteiger partial charge on any atom is 0.242 e. The van der Waals surface area contributed by atoms with Gasteiger partial charge in [0.1, 0.15) is 5.82 Å². The van der Waals surface area contributed by atoms with Gasteiger partial charge in [0.25, 0.3) is 0 Å². The lowest BCUT2D eigenvalue weighted by Gasteiger charge is -2.35. The Morgan fingerprint density at radius 3 is 2.45 bits per heavy atom. The van der Waals surface area contributed by atoms with Gasteiger partial charge in [0.15, 0.2) is 0 Å². The van der Waals surface area contributed by atoms with E-state index in [0.29, 0.717) is 44.7 Å². The highest BCUT2D eigenvalue weighted by molar-refractivity contribution is 9.10.